The van der Waals surface area contributed by atoms with Gasteiger partial charge in [0.15, 0.2) is 0 Å². The Labute approximate surface area is 143 Å². The van der Waals surface area contributed by atoms with Crippen LogP contribution >= 0.6 is 0 Å². The Hall–Kier alpha value is -1.81. The predicted octanol–water partition coefficient (Wildman–Crippen LogP) is 3.36. The zero-order valence-corrected chi connectivity index (χ0v) is 14.8. The van der Waals surface area contributed by atoms with Crippen molar-refractivity contribution in [1.29, 1.82) is 0 Å². The number of aromatic nitrogens is 1. The quantitative estimate of drug-likeness (QED) is 0.940. The highest BCUT2D eigenvalue weighted by atomic mass is 16.2. The first-order chi connectivity index (χ1) is 11.5. The van der Waals surface area contributed by atoms with E-state index < -0.39 is 0 Å². The zero-order chi connectivity index (χ0) is 16.8. The van der Waals surface area contributed by atoms with Gasteiger partial charge < -0.3 is 14.8 Å². The van der Waals surface area contributed by atoms with Gasteiger partial charge in [-0.2, -0.15) is 0 Å². The van der Waals surface area contributed by atoms with E-state index in [0.717, 1.165) is 34.3 Å². The third-order valence-electron chi connectivity index (χ3n) is 6.37. The van der Waals surface area contributed by atoms with E-state index in [4.69, 9.17) is 0 Å². The average molecular weight is 325 g/mol. The minimum atomic E-state index is 0.153. The van der Waals surface area contributed by atoms with E-state index in [1.807, 2.05) is 42.4 Å². The number of H-pyrrole nitrogens is 1. The van der Waals surface area contributed by atoms with Crippen LogP contribution in [0.4, 0.5) is 0 Å². The molecule has 1 heterocycles. The van der Waals surface area contributed by atoms with Crippen molar-refractivity contribution in [1.82, 2.24) is 14.8 Å². The van der Waals surface area contributed by atoms with Crippen molar-refractivity contribution in [3.8, 4) is 0 Å². The lowest BCUT2D eigenvalue weighted by molar-refractivity contribution is 0.0726. The highest BCUT2D eigenvalue weighted by molar-refractivity contribution is 5.98. The number of nitrogens with one attached hydrogen (secondary N) is 1. The van der Waals surface area contributed by atoms with Crippen molar-refractivity contribution in [3.63, 3.8) is 0 Å². The Morgan fingerprint density at radius 1 is 1.00 bits per heavy atom. The Morgan fingerprint density at radius 2 is 1.67 bits per heavy atom. The molecular weight excluding hydrogens is 298 g/mol. The van der Waals surface area contributed by atoms with Gasteiger partial charge in [-0.05, 0) is 75.2 Å². The third-order valence-corrected chi connectivity index (χ3v) is 6.37. The van der Waals surface area contributed by atoms with E-state index in [2.05, 4.69) is 24.0 Å². The predicted molar refractivity (Wildman–Crippen MR) is 97.1 cm³/mol. The van der Waals surface area contributed by atoms with Crippen LogP contribution in [0, 0.1) is 11.8 Å². The number of fused-ring (bicyclic) bond motifs is 2. The molecule has 2 aliphatic carbocycles. The van der Waals surface area contributed by atoms with Crippen LogP contribution in [0.2, 0.25) is 0 Å². The minimum Gasteiger partial charge on any atom is -0.361 e. The second-order valence-corrected chi connectivity index (χ2v) is 7.93. The van der Waals surface area contributed by atoms with Crippen LogP contribution in [0.25, 0.3) is 10.9 Å². The maximum atomic E-state index is 12.9. The van der Waals surface area contributed by atoms with Gasteiger partial charge in [0.2, 0.25) is 0 Å². The number of benzene rings is 1. The number of carbonyl (C=O) groups excluding carboxylic acids is 1. The smallest absolute Gasteiger partial charge is 0.253 e. The molecule has 0 bridgehead atoms. The van der Waals surface area contributed by atoms with Crippen LogP contribution in [-0.2, 0) is 0 Å². The maximum Gasteiger partial charge on any atom is 0.253 e. The standard InChI is InChI=1S/C20H27N3O/c1-22(2)17-8-15-10-18(11-16(15)9-17)23(3)20(24)14-5-4-13-6-7-21-19(13)12-14/h4-7,12,15-18,21H,8-11H2,1-3H3/t15-,16+,17?,18?. The first-order valence-electron chi connectivity index (χ1n) is 9.03. The number of carbonyl (C=O) groups is 1. The Bertz CT molecular complexity index is 736. The van der Waals surface area contributed by atoms with Crippen LogP contribution in [-0.4, -0.2) is 53.9 Å². The number of hydrogen-bond donors (Lipinski definition) is 1. The van der Waals surface area contributed by atoms with Gasteiger partial charge in [-0.25, -0.2) is 0 Å². The molecule has 1 amide bonds. The van der Waals surface area contributed by atoms with Crippen LogP contribution in [0.5, 0.6) is 0 Å². The van der Waals surface area contributed by atoms with Gasteiger partial charge in [0.1, 0.15) is 0 Å². The van der Waals surface area contributed by atoms with Gasteiger partial charge >= 0.3 is 0 Å². The minimum absolute atomic E-state index is 0.153. The number of amides is 1. The lowest BCUT2D eigenvalue weighted by Gasteiger charge is -2.27. The van der Waals surface area contributed by atoms with Crippen molar-refractivity contribution in [2.75, 3.05) is 21.1 Å². The Balaban J connectivity index is 1.45. The van der Waals surface area contributed by atoms with E-state index in [0.29, 0.717) is 6.04 Å². The molecule has 2 saturated carbocycles. The van der Waals surface area contributed by atoms with Gasteiger partial charge in [0.05, 0.1) is 0 Å². The summed E-state index contributed by atoms with van der Waals surface area (Å²) >= 11 is 0. The molecule has 1 N–H and O–H groups in total. The molecule has 4 atom stereocenters. The summed E-state index contributed by atoms with van der Waals surface area (Å²) in [5, 5.41) is 1.15. The normalized spacial score (nSPS) is 29.3. The third kappa shape index (κ3) is 2.63. The molecule has 4 heteroatoms. The molecule has 0 spiro atoms. The zero-order valence-electron chi connectivity index (χ0n) is 14.8. The number of aromatic amines is 1. The van der Waals surface area contributed by atoms with Crippen LogP contribution in [0.1, 0.15) is 36.0 Å². The fourth-order valence-electron chi connectivity index (χ4n) is 4.84. The Morgan fingerprint density at radius 3 is 2.33 bits per heavy atom. The van der Waals surface area contributed by atoms with E-state index in [1.165, 1.54) is 25.7 Å². The summed E-state index contributed by atoms with van der Waals surface area (Å²) in [6.07, 6.45) is 6.85. The number of rotatable bonds is 3. The average Bonchev–Trinajstić information content (AvgIpc) is 3.25. The van der Waals surface area contributed by atoms with Gasteiger partial charge in [-0.3, -0.25) is 4.79 Å². The molecule has 24 heavy (non-hydrogen) atoms. The maximum absolute atomic E-state index is 12.9. The van der Waals surface area contributed by atoms with Crippen molar-refractivity contribution in [3.05, 3.63) is 36.0 Å². The summed E-state index contributed by atoms with van der Waals surface area (Å²) in [5.41, 5.74) is 1.82. The first-order valence-corrected chi connectivity index (χ1v) is 9.03. The second-order valence-electron chi connectivity index (χ2n) is 7.93. The molecule has 2 fully saturated rings. The van der Waals surface area contributed by atoms with Gasteiger partial charge in [0, 0.05) is 36.4 Å². The molecule has 1 aromatic heterocycles. The molecule has 4 rings (SSSR count). The lowest BCUT2D eigenvalue weighted by atomic mass is 10.0. The molecule has 1 aromatic carbocycles. The van der Waals surface area contributed by atoms with E-state index in [1.54, 1.807) is 0 Å². The molecule has 2 aliphatic rings. The number of hydrogen-bond acceptors (Lipinski definition) is 2. The van der Waals surface area contributed by atoms with Gasteiger partial charge in [0.25, 0.3) is 5.91 Å². The van der Waals surface area contributed by atoms with E-state index in [9.17, 15) is 4.79 Å². The summed E-state index contributed by atoms with van der Waals surface area (Å²) < 4.78 is 0. The molecule has 0 saturated heterocycles. The lowest BCUT2D eigenvalue weighted by Crippen LogP contribution is -2.36. The second kappa shape index (κ2) is 5.92. The molecular formula is C20H27N3O. The largest absolute Gasteiger partial charge is 0.361 e. The van der Waals surface area contributed by atoms with Gasteiger partial charge in [-0.15, -0.1) is 0 Å². The Kier molecular flexibility index (Phi) is 3.87. The van der Waals surface area contributed by atoms with Crippen LogP contribution in [0.3, 0.4) is 0 Å². The SMILES string of the molecule is CN(C)C1C[C@@H]2CC(N(C)C(=O)c3ccc4cc[nH]c4c3)C[C@@H]2C1. The molecule has 0 radical (unpaired) electrons. The summed E-state index contributed by atoms with van der Waals surface area (Å²) in [6.45, 7) is 0. The molecule has 0 aliphatic heterocycles. The fourth-order valence-corrected chi connectivity index (χ4v) is 4.84. The van der Waals surface area contributed by atoms with Crippen LogP contribution < -0.4 is 0 Å². The topological polar surface area (TPSA) is 39.3 Å². The molecule has 4 nitrogen and oxygen atoms in total. The highest BCUT2D eigenvalue weighted by Crippen LogP contribution is 2.46. The molecule has 2 unspecified atom stereocenters. The summed E-state index contributed by atoms with van der Waals surface area (Å²) in [7, 11) is 6.36. The van der Waals surface area contributed by atoms with Crippen LogP contribution in [0.15, 0.2) is 30.5 Å². The van der Waals surface area contributed by atoms with Crippen molar-refractivity contribution in [2.45, 2.75) is 37.8 Å². The fraction of sp³-hybridized carbons (Fsp3) is 0.550. The van der Waals surface area contributed by atoms with Crippen molar-refractivity contribution in [2.24, 2.45) is 11.8 Å². The first kappa shape index (κ1) is 15.7. The van der Waals surface area contributed by atoms with Gasteiger partial charge in [-0.1, -0.05) is 6.07 Å². The van der Waals surface area contributed by atoms with Crippen molar-refractivity contribution >= 4 is 16.8 Å². The van der Waals surface area contributed by atoms with Crippen molar-refractivity contribution < 1.29 is 4.79 Å². The highest BCUT2D eigenvalue weighted by Gasteiger charge is 2.44. The summed E-state index contributed by atoms with van der Waals surface area (Å²) in [6, 6.07) is 9.12. The van der Waals surface area contributed by atoms with E-state index >= 15 is 0 Å². The number of nitrogens with zero attached hydrogens (tertiary/aromatic N) is 2. The van der Waals surface area contributed by atoms with E-state index in [-0.39, 0.29) is 5.91 Å². The molecule has 128 valence electrons. The summed E-state index contributed by atoms with van der Waals surface area (Å²) in [4.78, 5) is 20.5. The summed E-state index contributed by atoms with van der Waals surface area (Å²) in [5.74, 6) is 1.74. The monoisotopic (exact) mass is 325 g/mol. The molecule has 2 aromatic rings.